The van der Waals surface area contributed by atoms with Crippen molar-refractivity contribution in [3.63, 3.8) is 0 Å². The summed E-state index contributed by atoms with van der Waals surface area (Å²) in [6.45, 7) is 1.84. The molecule has 0 aromatic heterocycles. The van der Waals surface area contributed by atoms with Gasteiger partial charge in [0, 0.05) is 19.4 Å². The largest absolute Gasteiger partial charge is 0.481 e. The lowest BCUT2D eigenvalue weighted by Gasteiger charge is -2.06. The van der Waals surface area contributed by atoms with E-state index in [1.54, 1.807) is 6.92 Å². The van der Waals surface area contributed by atoms with Crippen molar-refractivity contribution in [1.29, 1.82) is 0 Å². The highest BCUT2D eigenvalue weighted by molar-refractivity contribution is 5.75. The zero-order valence-electron chi connectivity index (χ0n) is 8.32. The lowest BCUT2D eigenvalue weighted by molar-refractivity contribution is -0.137. The summed E-state index contributed by atoms with van der Waals surface area (Å²) in [7, 11) is 0. The summed E-state index contributed by atoms with van der Waals surface area (Å²) in [4.78, 5) is 21.1. The third-order valence-corrected chi connectivity index (χ3v) is 1.64. The zero-order chi connectivity index (χ0) is 11.0. The van der Waals surface area contributed by atoms with Gasteiger partial charge >= 0.3 is 5.97 Å². The van der Waals surface area contributed by atoms with E-state index in [1.165, 1.54) is 0 Å². The molecule has 3 N–H and O–H groups in total. The smallest absolute Gasteiger partial charge is 0.303 e. The molecule has 0 spiro atoms. The number of hydrogen-bond acceptors (Lipinski definition) is 3. The molecule has 0 radical (unpaired) electrons. The Morgan fingerprint density at radius 1 is 1.29 bits per heavy atom. The molecule has 0 rings (SSSR count). The van der Waals surface area contributed by atoms with Gasteiger partial charge in [-0.15, -0.1) is 0 Å². The van der Waals surface area contributed by atoms with E-state index in [1.807, 2.05) is 0 Å². The highest BCUT2D eigenvalue weighted by Crippen LogP contribution is 1.99. The first-order chi connectivity index (χ1) is 6.52. The highest BCUT2D eigenvalue weighted by Gasteiger charge is 2.03. The summed E-state index contributed by atoms with van der Waals surface area (Å²) in [5, 5.41) is 19.7. The van der Waals surface area contributed by atoms with Crippen LogP contribution >= 0.6 is 0 Å². The number of carbonyl (C=O) groups is 2. The van der Waals surface area contributed by atoms with Gasteiger partial charge < -0.3 is 15.5 Å². The molecule has 5 heteroatoms. The molecule has 0 aromatic carbocycles. The number of unbranched alkanes of at least 4 members (excludes halogenated alkanes) is 1. The molecule has 5 nitrogen and oxygen atoms in total. The summed E-state index contributed by atoms with van der Waals surface area (Å²) in [5.41, 5.74) is 0. The van der Waals surface area contributed by atoms with Gasteiger partial charge in [0.1, 0.15) is 0 Å². The number of aliphatic hydroxyl groups is 1. The predicted octanol–water partition coefficient (Wildman–Crippen LogP) is 0.128. The van der Waals surface area contributed by atoms with Gasteiger partial charge in [-0.05, 0) is 19.8 Å². The number of carboxylic acids is 1. The third kappa shape index (κ3) is 8.99. The summed E-state index contributed by atoms with van der Waals surface area (Å²) in [5.74, 6) is -0.981. The Morgan fingerprint density at radius 3 is 2.36 bits per heavy atom. The van der Waals surface area contributed by atoms with Gasteiger partial charge in [0.25, 0.3) is 0 Å². The molecule has 14 heavy (non-hydrogen) atoms. The van der Waals surface area contributed by atoms with Crippen molar-refractivity contribution in [2.45, 2.75) is 38.7 Å². The minimum Gasteiger partial charge on any atom is -0.481 e. The average molecular weight is 203 g/mol. The van der Waals surface area contributed by atoms with E-state index in [0.29, 0.717) is 19.3 Å². The minimum atomic E-state index is -0.839. The van der Waals surface area contributed by atoms with Crippen LogP contribution in [0.5, 0.6) is 0 Å². The van der Waals surface area contributed by atoms with Crippen molar-refractivity contribution in [3.8, 4) is 0 Å². The first-order valence-corrected chi connectivity index (χ1v) is 4.69. The maximum absolute atomic E-state index is 11.0. The van der Waals surface area contributed by atoms with Crippen molar-refractivity contribution >= 4 is 11.9 Å². The second kappa shape index (κ2) is 7.32. The predicted molar refractivity (Wildman–Crippen MR) is 50.8 cm³/mol. The molecule has 1 amide bonds. The fourth-order valence-corrected chi connectivity index (χ4v) is 0.912. The first kappa shape index (κ1) is 12.9. The first-order valence-electron chi connectivity index (χ1n) is 4.69. The quantitative estimate of drug-likeness (QED) is 0.513. The van der Waals surface area contributed by atoms with Crippen molar-refractivity contribution in [2.75, 3.05) is 6.54 Å². The van der Waals surface area contributed by atoms with E-state index in [4.69, 9.17) is 10.2 Å². The van der Waals surface area contributed by atoms with Crippen LogP contribution < -0.4 is 5.32 Å². The topological polar surface area (TPSA) is 86.6 Å². The van der Waals surface area contributed by atoms with Gasteiger partial charge in [-0.2, -0.15) is 0 Å². The monoisotopic (exact) mass is 203 g/mol. The van der Waals surface area contributed by atoms with Crippen LogP contribution in [0.3, 0.4) is 0 Å². The molecule has 0 saturated carbocycles. The number of carbonyl (C=O) groups excluding carboxylic acids is 1. The van der Waals surface area contributed by atoms with Crippen LogP contribution in [0.1, 0.15) is 32.6 Å². The van der Waals surface area contributed by atoms with Gasteiger partial charge in [0.15, 0.2) is 0 Å². The molecular weight excluding hydrogens is 186 g/mol. The Labute approximate surface area is 83.1 Å². The van der Waals surface area contributed by atoms with E-state index in [9.17, 15) is 9.59 Å². The maximum Gasteiger partial charge on any atom is 0.303 e. The number of carboxylic acid groups (broad SMARTS) is 1. The lowest BCUT2D eigenvalue weighted by Crippen LogP contribution is -2.30. The fourth-order valence-electron chi connectivity index (χ4n) is 0.912. The summed E-state index contributed by atoms with van der Waals surface area (Å²) in [6, 6.07) is 0. The molecule has 0 fully saturated rings. The molecule has 0 aliphatic heterocycles. The van der Waals surface area contributed by atoms with Crippen LogP contribution in [-0.2, 0) is 9.59 Å². The molecule has 0 aliphatic rings. The van der Waals surface area contributed by atoms with Crippen LogP contribution in [0.2, 0.25) is 0 Å². The number of rotatable bonds is 7. The second-order valence-corrected chi connectivity index (χ2v) is 3.25. The standard InChI is InChI=1S/C9H17NO4/c1-7(11)6-10-8(12)4-2-3-5-9(13)14/h7,11H,2-6H2,1H3,(H,10,12)(H,13,14). The molecule has 0 saturated heterocycles. The molecule has 0 aromatic rings. The third-order valence-electron chi connectivity index (χ3n) is 1.64. The van der Waals surface area contributed by atoms with Crippen LogP contribution in [0, 0.1) is 0 Å². The molecule has 1 atom stereocenters. The van der Waals surface area contributed by atoms with Gasteiger partial charge in [0.2, 0.25) is 5.91 Å². The van der Waals surface area contributed by atoms with Gasteiger partial charge in [0.05, 0.1) is 6.10 Å². The molecule has 0 bridgehead atoms. The van der Waals surface area contributed by atoms with Crippen molar-refractivity contribution < 1.29 is 19.8 Å². The number of aliphatic carboxylic acids is 1. The molecule has 0 aliphatic carbocycles. The van der Waals surface area contributed by atoms with E-state index in [2.05, 4.69) is 5.32 Å². The van der Waals surface area contributed by atoms with Gasteiger partial charge in [-0.25, -0.2) is 0 Å². The van der Waals surface area contributed by atoms with Crippen molar-refractivity contribution in [1.82, 2.24) is 5.32 Å². The van der Waals surface area contributed by atoms with Crippen LogP contribution in [-0.4, -0.2) is 34.7 Å². The van der Waals surface area contributed by atoms with Crippen LogP contribution in [0.15, 0.2) is 0 Å². The maximum atomic E-state index is 11.0. The van der Waals surface area contributed by atoms with Crippen molar-refractivity contribution in [2.24, 2.45) is 0 Å². The number of aliphatic hydroxyl groups excluding tert-OH is 1. The normalized spacial score (nSPS) is 12.1. The fraction of sp³-hybridized carbons (Fsp3) is 0.778. The molecule has 82 valence electrons. The Hall–Kier alpha value is -1.10. The van der Waals surface area contributed by atoms with E-state index < -0.39 is 12.1 Å². The number of hydrogen-bond donors (Lipinski definition) is 3. The van der Waals surface area contributed by atoms with Crippen LogP contribution in [0.25, 0.3) is 0 Å². The summed E-state index contributed by atoms with van der Waals surface area (Å²) >= 11 is 0. The number of amides is 1. The van der Waals surface area contributed by atoms with Crippen LogP contribution in [0.4, 0.5) is 0 Å². The van der Waals surface area contributed by atoms with Gasteiger partial charge in [-0.1, -0.05) is 0 Å². The molecular formula is C9H17NO4. The molecule has 1 unspecified atom stereocenters. The van der Waals surface area contributed by atoms with Crippen molar-refractivity contribution in [3.05, 3.63) is 0 Å². The van der Waals surface area contributed by atoms with E-state index in [-0.39, 0.29) is 18.9 Å². The SMILES string of the molecule is CC(O)CNC(=O)CCCCC(=O)O. The van der Waals surface area contributed by atoms with E-state index in [0.717, 1.165) is 0 Å². The van der Waals surface area contributed by atoms with Gasteiger partial charge in [-0.3, -0.25) is 9.59 Å². The summed E-state index contributed by atoms with van der Waals surface area (Å²) in [6.07, 6.45) is 0.956. The molecule has 0 heterocycles. The number of nitrogens with one attached hydrogen (secondary N) is 1. The Balaban J connectivity index is 3.31. The summed E-state index contributed by atoms with van der Waals surface area (Å²) < 4.78 is 0. The van der Waals surface area contributed by atoms with E-state index >= 15 is 0 Å². The lowest BCUT2D eigenvalue weighted by atomic mass is 10.2. The average Bonchev–Trinajstić information content (AvgIpc) is 2.08. The second-order valence-electron chi connectivity index (χ2n) is 3.25. The Morgan fingerprint density at radius 2 is 1.86 bits per heavy atom. The minimum absolute atomic E-state index is 0.101. The Bertz CT molecular complexity index is 191. The Kier molecular flexibility index (Phi) is 6.74. The zero-order valence-corrected chi connectivity index (χ0v) is 8.32. The highest BCUT2D eigenvalue weighted by atomic mass is 16.4.